The van der Waals surface area contributed by atoms with E-state index in [1.54, 1.807) is 0 Å². The minimum Gasteiger partial charge on any atom is -0.758 e. The van der Waals surface area contributed by atoms with Gasteiger partial charge < -0.3 is 23.3 Å². The number of nitrogens with one attached hydrogen (secondary N) is 1. The molecule has 5 nitrogen and oxygen atoms in total. The standard InChI is InChI=1S/C5H5N5S.K/c6-5-9-3-2(4(11)10-5)7-1-8-3;/h1H,(H4,6,7,8,9,10,11);/q;+1/p-1. The zero-order chi connectivity index (χ0) is 7.84. The number of hydrogen-bond acceptors (Lipinski definition) is 5. The van der Waals surface area contributed by atoms with Crippen LogP contribution in [0.5, 0.6) is 0 Å². The summed E-state index contributed by atoms with van der Waals surface area (Å²) in [4.78, 5) is 14.3. The summed E-state index contributed by atoms with van der Waals surface area (Å²) in [7, 11) is 0. The molecule has 0 bridgehead atoms. The summed E-state index contributed by atoms with van der Waals surface area (Å²) < 4.78 is 0. The van der Waals surface area contributed by atoms with Gasteiger partial charge in [-0.05, 0) is 0 Å². The van der Waals surface area contributed by atoms with Gasteiger partial charge >= 0.3 is 51.4 Å². The fourth-order valence-electron chi connectivity index (χ4n) is 0.823. The number of imidazole rings is 1. The van der Waals surface area contributed by atoms with E-state index in [4.69, 9.17) is 18.4 Å². The van der Waals surface area contributed by atoms with Crippen LogP contribution in [0.4, 0.5) is 5.95 Å². The van der Waals surface area contributed by atoms with Crippen LogP contribution in [0, 0.1) is 0 Å². The molecule has 0 amide bonds. The van der Waals surface area contributed by atoms with Gasteiger partial charge in [0.15, 0.2) is 5.65 Å². The molecule has 2 aromatic heterocycles. The molecule has 0 saturated heterocycles. The summed E-state index contributed by atoms with van der Waals surface area (Å²) in [6.07, 6.45) is 1.51. The van der Waals surface area contributed by atoms with Gasteiger partial charge in [-0.15, -0.1) is 0 Å². The maximum atomic E-state index is 5.34. The molecule has 0 aliphatic heterocycles. The van der Waals surface area contributed by atoms with Gasteiger partial charge in [-0.1, -0.05) is 5.03 Å². The molecular formula is C5H4KN5S. The normalized spacial score (nSPS) is 9.67. The molecule has 0 atom stereocenters. The molecular weight excluding hydrogens is 201 g/mol. The van der Waals surface area contributed by atoms with Gasteiger partial charge in [0.05, 0.1) is 11.8 Å². The Morgan fingerprint density at radius 2 is 2.17 bits per heavy atom. The van der Waals surface area contributed by atoms with E-state index in [1.165, 1.54) is 6.33 Å². The first-order chi connectivity index (χ1) is 5.27. The van der Waals surface area contributed by atoms with Crippen LogP contribution in [-0.4, -0.2) is 19.9 Å². The Labute approximate surface area is 116 Å². The minimum absolute atomic E-state index is 0. The van der Waals surface area contributed by atoms with Crippen molar-refractivity contribution in [1.29, 1.82) is 0 Å². The van der Waals surface area contributed by atoms with E-state index in [-0.39, 0.29) is 57.3 Å². The molecule has 0 aliphatic rings. The Balaban J connectivity index is 0.000000720. The Morgan fingerprint density at radius 3 is 2.92 bits per heavy atom. The van der Waals surface area contributed by atoms with Crippen molar-refractivity contribution in [2.75, 3.05) is 5.73 Å². The topological polar surface area (TPSA) is 80.5 Å². The number of nitrogens with zero attached hydrogens (tertiary/aromatic N) is 3. The molecule has 2 rings (SSSR count). The first-order valence-corrected chi connectivity index (χ1v) is 3.32. The number of rotatable bonds is 0. The van der Waals surface area contributed by atoms with Gasteiger partial charge in [0.25, 0.3) is 0 Å². The number of anilines is 1. The van der Waals surface area contributed by atoms with Crippen molar-refractivity contribution in [3.05, 3.63) is 6.33 Å². The van der Waals surface area contributed by atoms with Crippen LogP contribution in [0.25, 0.3) is 11.2 Å². The molecule has 2 aromatic rings. The average molecular weight is 205 g/mol. The van der Waals surface area contributed by atoms with Crippen molar-refractivity contribution in [3.63, 3.8) is 0 Å². The molecule has 3 N–H and O–H groups in total. The molecule has 7 heteroatoms. The Hall–Kier alpha value is 0.206. The zero-order valence-electron chi connectivity index (χ0n) is 6.40. The Kier molecular flexibility index (Phi) is 3.38. The molecule has 2 heterocycles. The van der Waals surface area contributed by atoms with Crippen LogP contribution in [0.1, 0.15) is 0 Å². The van der Waals surface area contributed by atoms with Crippen LogP contribution in [0.3, 0.4) is 0 Å². The smallest absolute Gasteiger partial charge is 0.758 e. The molecule has 0 spiro atoms. The number of nitrogen functional groups attached to an aromatic ring is 1. The molecule has 0 aliphatic carbocycles. The van der Waals surface area contributed by atoms with Crippen LogP contribution in [-0.2, 0) is 12.6 Å². The SMILES string of the molecule is Nc1nc([S-])c2[nH]cnc2n1.[K+]. The second kappa shape index (κ2) is 3.94. The third-order valence-corrected chi connectivity index (χ3v) is 1.57. The summed E-state index contributed by atoms with van der Waals surface area (Å²) in [6.45, 7) is 0. The third kappa shape index (κ3) is 1.75. The number of H-pyrrole nitrogens is 1. The third-order valence-electron chi connectivity index (χ3n) is 1.27. The quantitative estimate of drug-likeness (QED) is 0.270. The predicted octanol–water partition coefficient (Wildman–Crippen LogP) is -3.16. The number of nitrogens with two attached hydrogens (primary N) is 1. The second-order valence-electron chi connectivity index (χ2n) is 1.99. The zero-order valence-corrected chi connectivity index (χ0v) is 10.3. The average Bonchev–Trinajstić information content (AvgIpc) is 2.34. The predicted molar refractivity (Wildman–Crippen MR) is 41.7 cm³/mol. The summed E-state index contributed by atoms with van der Waals surface area (Å²) in [6, 6.07) is 0. The number of aromatic amines is 1. The number of hydrogen-bond donors (Lipinski definition) is 2. The second-order valence-corrected chi connectivity index (χ2v) is 2.37. The first-order valence-electron chi connectivity index (χ1n) is 2.91. The van der Waals surface area contributed by atoms with Gasteiger partial charge in [0, 0.05) is 0 Å². The molecule has 0 radical (unpaired) electrons. The Bertz CT molecular complexity index is 400. The number of aromatic nitrogens is 4. The molecule has 0 unspecified atom stereocenters. The van der Waals surface area contributed by atoms with E-state index in [9.17, 15) is 0 Å². The van der Waals surface area contributed by atoms with Gasteiger partial charge in [-0.25, -0.2) is 9.97 Å². The maximum Gasteiger partial charge on any atom is 1.00 e. The van der Waals surface area contributed by atoms with E-state index in [0.29, 0.717) is 16.2 Å². The maximum absolute atomic E-state index is 5.34. The molecule has 56 valence electrons. The van der Waals surface area contributed by atoms with Crippen molar-refractivity contribution in [2.24, 2.45) is 0 Å². The van der Waals surface area contributed by atoms with E-state index in [0.717, 1.165) is 0 Å². The van der Waals surface area contributed by atoms with Crippen molar-refractivity contribution in [2.45, 2.75) is 5.03 Å². The van der Waals surface area contributed by atoms with E-state index in [2.05, 4.69) is 19.9 Å². The fourth-order valence-corrected chi connectivity index (χ4v) is 1.07. The van der Waals surface area contributed by atoms with Crippen molar-refractivity contribution in [1.82, 2.24) is 19.9 Å². The fraction of sp³-hybridized carbons (Fsp3) is 0. The summed E-state index contributed by atoms with van der Waals surface area (Å²) >= 11 is 4.89. The molecule has 0 saturated carbocycles. The molecule has 0 fully saturated rings. The van der Waals surface area contributed by atoms with E-state index in [1.807, 2.05) is 0 Å². The van der Waals surface area contributed by atoms with Crippen LogP contribution in [0.2, 0.25) is 0 Å². The van der Waals surface area contributed by atoms with Crippen molar-refractivity contribution >= 4 is 29.7 Å². The summed E-state index contributed by atoms with van der Waals surface area (Å²) in [5.41, 5.74) is 6.52. The monoisotopic (exact) mass is 205 g/mol. The molecule has 0 aromatic carbocycles. The number of fused-ring (bicyclic) bond motifs is 1. The minimum atomic E-state index is 0. The summed E-state index contributed by atoms with van der Waals surface area (Å²) in [5.74, 6) is 0.162. The summed E-state index contributed by atoms with van der Waals surface area (Å²) in [5, 5.41) is 0.407. The van der Waals surface area contributed by atoms with Crippen molar-refractivity contribution < 1.29 is 51.4 Å². The van der Waals surface area contributed by atoms with Crippen LogP contribution >= 0.6 is 0 Å². The Morgan fingerprint density at radius 1 is 1.42 bits per heavy atom. The first kappa shape index (κ1) is 10.3. The van der Waals surface area contributed by atoms with E-state index < -0.39 is 0 Å². The van der Waals surface area contributed by atoms with Crippen LogP contribution < -0.4 is 57.1 Å². The van der Waals surface area contributed by atoms with Gasteiger partial charge in [-0.2, -0.15) is 4.98 Å². The largest absolute Gasteiger partial charge is 1.00 e. The van der Waals surface area contributed by atoms with Gasteiger partial charge in [0.1, 0.15) is 0 Å². The molecule has 12 heavy (non-hydrogen) atoms. The van der Waals surface area contributed by atoms with Gasteiger partial charge in [-0.3, -0.25) is 0 Å². The van der Waals surface area contributed by atoms with Crippen LogP contribution in [0.15, 0.2) is 11.4 Å². The van der Waals surface area contributed by atoms with E-state index >= 15 is 0 Å². The van der Waals surface area contributed by atoms with Crippen molar-refractivity contribution in [3.8, 4) is 0 Å². The van der Waals surface area contributed by atoms with Gasteiger partial charge in [0.2, 0.25) is 5.95 Å².